The number of rotatable bonds is 21. The quantitative estimate of drug-likeness (QED) is 0.0344. The van der Waals surface area contributed by atoms with Crippen molar-refractivity contribution in [2.24, 2.45) is 22.7 Å². The van der Waals surface area contributed by atoms with Crippen LogP contribution in [0.2, 0.25) is 18.1 Å². The summed E-state index contributed by atoms with van der Waals surface area (Å²) in [7, 11) is -0.872. The third-order valence-electron chi connectivity index (χ3n) is 23.7. The Morgan fingerprint density at radius 3 is 1.30 bits per heavy atom. The average Bonchev–Trinajstić information content (AvgIpc) is 0.774. The van der Waals surface area contributed by atoms with E-state index in [-0.39, 0.29) is 126 Å². The summed E-state index contributed by atoms with van der Waals surface area (Å²) < 4.78 is 72.5. The average molecular weight is 1460 g/mol. The predicted molar refractivity (Wildman–Crippen MR) is 405 cm³/mol. The number of methoxy groups -OCH3 is 1. The number of carbonyl (C=O) groups excluding carboxylic acids is 4. The van der Waals surface area contributed by atoms with Crippen molar-refractivity contribution in [2.75, 3.05) is 13.9 Å². The highest BCUT2D eigenvalue weighted by atomic mass is 28.4. The van der Waals surface area contributed by atoms with E-state index in [4.69, 9.17) is 51.8 Å². The van der Waals surface area contributed by atoms with Gasteiger partial charge in [0.05, 0.1) is 71.9 Å². The molecule has 0 aromatic heterocycles. The molecule has 0 radical (unpaired) electrons. The number of hydrogen-bond donors (Lipinski definition) is 2. The maximum atomic E-state index is 15.2. The second-order valence-electron chi connectivity index (χ2n) is 33.6. The molecule has 0 unspecified atom stereocenters. The van der Waals surface area contributed by atoms with Gasteiger partial charge in [-0.25, -0.2) is 9.59 Å². The van der Waals surface area contributed by atoms with E-state index in [1.54, 1.807) is 31.4 Å². The van der Waals surface area contributed by atoms with Crippen LogP contribution in [0.1, 0.15) is 259 Å². The standard InChI is InChI=1S/C86H126O17Si/c1-58-47-49-66-39-23-37-64(97-66)36-20-32-63-34-22-44-73(88)79(63)81(90)102-75(54-71(103-104(11,12)84(3,4)5)52-69-42-26-46-77(100-69)86(8,9)83(92)95-56-61-29-17-14-18-30-61)59(2)48-50-67-40-24-38-65(98-67)35-19-31-62-33-21-43-72(87)78(62)80(89)101-74(58)53-70(96-57-93-10)51-68-41-25-45-76(99-68)85(6,7)82(91)94-55-60-27-15-13-16-28-60/h13-18,21-22,27-30,33-34,43-44,58-59,64-71,74-77,87-88H,19-20,23-26,31-32,35-42,45-57H2,1-12H3/t58-,59-,64-,65+,66-,67+,68-,69-,70-,71-,74+,75+,76+,77+/m0/s1. The van der Waals surface area contributed by atoms with E-state index in [0.717, 1.165) is 113 Å². The Labute approximate surface area is 622 Å². The lowest BCUT2D eigenvalue weighted by atomic mass is 9.81. The highest BCUT2D eigenvalue weighted by molar-refractivity contribution is 6.74. The zero-order valence-electron chi connectivity index (χ0n) is 64.8. The lowest BCUT2D eigenvalue weighted by molar-refractivity contribution is -0.177. The van der Waals surface area contributed by atoms with Gasteiger partial charge in [0, 0.05) is 26.4 Å². The van der Waals surface area contributed by atoms with Gasteiger partial charge in [0.1, 0.15) is 54.8 Å². The van der Waals surface area contributed by atoms with Crippen LogP contribution in [0.15, 0.2) is 97.1 Å². The molecule has 104 heavy (non-hydrogen) atoms. The summed E-state index contributed by atoms with van der Waals surface area (Å²) in [6.07, 6.45) is 15.4. The van der Waals surface area contributed by atoms with Crippen molar-refractivity contribution in [1.82, 2.24) is 0 Å². The second-order valence-corrected chi connectivity index (χ2v) is 38.3. The fraction of sp³-hybridized carbons (Fsp3) is 0.674. The summed E-state index contributed by atoms with van der Waals surface area (Å²) in [6, 6.07) is 29.9. The van der Waals surface area contributed by atoms with Gasteiger partial charge in [0.15, 0.2) is 8.32 Å². The normalized spacial score (nSPS) is 27.1. The summed E-state index contributed by atoms with van der Waals surface area (Å²) in [5.74, 6) is -2.29. The third kappa shape index (κ3) is 23.6. The maximum absolute atomic E-state index is 15.2. The van der Waals surface area contributed by atoms with Crippen molar-refractivity contribution >= 4 is 32.2 Å². The minimum absolute atomic E-state index is 0.0154. The van der Waals surface area contributed by atoms with E-state index in [0.29, 0.717) is 76.2 Å². The number of hydrogen-bond acceptors (Lipinski definition) is 17. The van der Waals surface area contributed by atoms with Gasteiger partial charge in [0.25, 0.3) is 0 Å². The van der Waals surface area contributed by atoms with Gasteiger partial charge in [-0.05, 0) is 240 Å². The zero-order valence-corrected chi connectivity index (χ0v) is 65.8. The van der Waals surface area contributed by atoms with Gasteiger partial charge in [-0.1, -0.05) is 120 Å². The summed E-state index contributed by atoms with van der Waals surface area (Å²) in [5, 5.41) is 23.3. The third-order valence-corrected chi connectivity index (χ3v) is 28.2. The van der Waals surface area contributed by atoms with Crippen molar-refractivity contribution in [1.29, 1.82) is 0 Å². The minimum atomic E-state index is -2.46. The molecular weight excluding hydrogens is 1330 g/mol. The molecule has 2 N–H and O–H groups in total. The number of ether oxygens (including phenoxy) is 10. The Kier molecular flexibility index (Phi) is 30.8. The Morgan fingerprint density at radius 2 is 0.875 bits per heavy atom. The molecule has 4 saturated heterocycles. The van der Waals surface area contributed by atoms with Crippen LogP contribution >= 0.6 is 0 Å². The molecule has 5 aliphatic heterocycles. The maximum Gasteiger partial charge on any atom is 0.342 e. The number of esters is 4. The SMILES string of the molecule is COCO[C@@H](C[C@@H]1CCC[C@H](C(C)(C)C(=O)OCc2ccccc2)O1)C[C@H]1OC(=O)c2c(O)cccc2CCC[C@@H]2CCC[C@H](CC[C@H](C)[C@@H](C[C@H](C[C@@H]3CCC[C@H](C(C)(C)C(=O)OCc4ccccc4)O3)O[Si](C)(C)C(C)(C)C)OC(=O)c3c(O)cccc3CCC[C@H]3CCC[C@@H](CC[C@@H]1C)O3)O2. The molecule has 0 spiro atoms. The molecule has 5 aliphatic rings. The molecule has 4 aromatic rings. The highest BCUT2D eigenvalue weighted by Gasteiger charge is 2.47. The van der Waals surface area contributed by atoms with E-state index in [1.807, 2.05) is 100 Å². The van der Waals surface area contributed by atoms with Gasteiger partial charge in [-0.2, -0.15) is 0 Å². The molecule has 17 nitrogen and oxygen atoms in total. The molecule has 4 bridgehead atoms. The first kappa shape index (κ1) is 82.4. The van der Waals surface area contributed by atoms with Crippen LogP contribution in [0.5, 0.6) is 11.5 Å². The summed E-state index contributed by atoms with van der Waals surface area (Å²) in [4.78, 5) is 57.8. The van der Waals surface area contributed by atoms with Crippen LogP contribution in [0.25, 0.3) is 0 Å². The summed E-state index contributed by atoms with van der Waals surface area (Å²) >= 11 is 0. The first-order valence-corrected chi connectivity index (χ1v) is 42.4. The molecule has 0 saturated carbocycles. The monoisotopic (exact) mass is 1460 g/mol. The number of carbonyl (C=O) groups is 4. The van der Waals surface area contributed by atoms with Crippen LogP contribution in [-0.4, -0.2) is 130 Å². The molecule has 576 valence electrons. The van der Waals surface area contributed by atoms with Crippen LogP contribution in [-0.2, 0) is 87.4 Å². The number of cyclic esters (lactones) is 2. The van der Waals surface area contributed by atoms with E-state index >= 15 is 4.79 Å². The predicted octanol–water partition coefficient (Wildman–Crippen LogP) is 18.6. The smallest absolute Gasteiger partial charge is 0.342 e. The van der Waals surface area contributed by atoms with Gasteiger partial charge in [-0.15, -0.1) is 0 Å². The molecule has 0 aliphatic carbocycles. The van der Waals surface area contributed by atoms with E-state index in [2.05, 4.69) is 47.7 Å². The van der Waals surface area contributed by atoms with E-state index in [1.165, 1.54) is 0 Å². The number of phenols is 2. The summed E-state index contributed by atoms with van der Waals surface area (Å²) in [6.45, 7) is 23.5. The van der Waals surface area contributed by atoms with Crippen LogP contribution in [0, 0.1) is 22.7 Å². The topological polar surface area (TPSA) is 210 Å². The molecular formula is C86H126O17Si. The fourth-order valence-electron chi connectivity index (χ4n) is 15.9. The molecule has 4 aromatic carbocycles. The van der Waals surface area contributed by atoms with E-state index < -0.39 is 49.4 Å². The number of benzene rings is 4. The summed E-state index contributed by atoms with van der Waals surface area (Å²) in [5.41, 5.74) is 1.81. The van der Waals surface area contributed by atoms with Crippen molar-refractivity contribution in [2.45, 2.75) is 334 Å². The Hall–Kier alpha value is -5.70. The van der Waals surface area contributed by atoms with Crippen molar-refractivity contribution in [3.63, 3.8) is 0 Å². The van der Waals surface area contributed by atoms with Crippen LogP contribution in [0.4, 0.5) is 0 Å². The van der Waals surface area contributed by atoms with Crippen LogP contribution in [0.3, 0.4) is 0 Å². The first-order chi connectivity index (χ1) is 49.7. The number of aryl methyl sites for hydroxylation is 2. The highest BCUT2D eigenvalue weighted by Crippen LogP contribution is 2.43. The lowest BCUT2D eigenvalue weighted by Gasteiger charge is -2.43. The molecule has 14 atom stereocenters. The van der Waals surface area contributed by atoms with Crippen LogP contribution < -0.4 is 0 Å². The zero-order chi connectivity index (χ0) is 74.6. The Morgan fingerprint density at radius 1 is 0.481 bits per heavy atom. The Bertz CT molecular complexity index is 3310. The number of phenolic OH excluding ortho intramolecular Hbond substituents is 2. The van der Waals surface area contributed by atoms with Crippen molar-refractivity contribution in [3.8, 4) is 11.5 Å². The fourth-order valence-corrected chi connectivity index (χ4v) is 17.3. The Balaban J connectivity index is 0.934. The largest absolute Gasteiger partial charge is 0.507 e. The van der Waals surface area contributed by atoms with Gasteiger partial charge >= 0.3 is 23.9 Å². The molecule has 5 heterocycles. The molecule has 18 heteroatoms. The first-order valence-electron chi connectivity index (χ1n) is 39.5. The van der Waals surface area contributed by atoms with E-state index in [9.17, 15) is 24.6 Å². The van der Waals surface area contributed by atoms with Crippen molar-refractivity contribution in [3.05, 3.63) is 130 Å². The van der Waals surface area contributed by atoms with Gasteiger partial charge in [-0.3, -0.25) is 9.59 Å². The lowest BCUT2D eigenvalue weighted by Crippen LogP contribution is -2.48. The number of fused-ring (bicyclic) bond motifs is 6. The van der Waals surface area contributed by atoms with Crippen molar-refractivity contribution < 1.29 is 81.2 Å². The molecule has 0 amide bonds. The number of aromatic hydroxyl groups is 2. The molecule has 9 rings (SSSR count). The minimum Gasteiger partial charge on any atom is -0.507 e. The van der Waals surface area contributed by atoms with Gasteiger partial charge < -0.3 is 62.0 Å². The second kappa shape index (κ2) is 38.9. The van der Waals surface area contributed by atoms with Gasteiger partial charge in [0.2, 0.25) is 0 Å². The molecule has 4 fully saturated rings.